The van der Waals surface area contributed by atoms with Crippen LogP contribution >= 0.6 is 0 Å². The zero-order valence-electron chi connectivity index (χ0n) is 15.7. The Morgan fingerprint density at radius 3 is 2.25 bits per heavy atom. The number of para-hydroxylation sites is 1. The van der Waals surface area contributed by atoms with Gasteiger partial charge in [0.05, 0.1) is 6.54 Å². The van der Waals surface area contributed by atoms with Crippen LogP contribution in [0.4, 0.5) is 5.69 Å². The molecule has 0 radical (unpaired) electrons. The zero-order chi connectivity index (χ0) is 17.5. The van der Waals surface area contributed by atoms with E-state index < -0.39 is 0 Å². The average Bonchev–Trinajstić information content (AvgIpc) is 2.57. The van der Waals surface area contributed by atoms with Gasteiger partial charge in [-0.25, -0.2) is 0 Å². The van der Waals surface area contributed by atoms with Crippen LogP contribution in [-0.2, 0) is 0 Å². The molecule has 0 spiro atoms. The fraction of sp³-hybridized carbons (Fsp3) is 0.455. The van der Waals surface area contributed by atoms with Gasteiger partial charge in [0.1, 0.15) is 11.9 Å². The summed E-state index contributed by atoms with van der Waals surface area (Å²) in [6.45, 7) is 11.7. The van der Waals surface area contributed by atoms with Crippen molar-refractivity contribution in [2.75, 3.05) is 11.9 Å². The lowest BCUT2D eigenvalue weighted by Crippen LogP contribution is -2.26. The van der Waals surface area contributed by atoms with E-state index in [4.69, 9.17) is 4.74 Å². The molecule has 0 aliphatic rings. The molecule has 0 bridgehead atoms. The van der Waals surface area contributed by atoms with Gasteiger partial charge < -0.3 is 10.1 Å². The predicted octanol–water partition coefficient (Wildman–Crippen LogP) is 6.09. The summed E-state index contributed by atoms with van der Waals surface area (Å²) in [4.78, 5) is 0. The van der Waals surface area contributed by atoms with Crippen LogP contribution in [0.1, 0.15) is 56.2 Å². The van der Waals surface area contributed by atoms with Crippen LogP contribution in [0.25, 0.3) is 0 Å². The van der Waals surface area contributed by atoms with Crippen LogP contribution in [0.2, 0.25) is 0 Å². The fourth-order valence-corrected chi connectivity index (χ4v) is 2.97. The second-order valence-corrected chi connectivity index (χ2v) is 6.75. The van der Waals surface area contributed by atoms with E-state index >= 15 is 0 Å². The van der Waals surface area contributed by atoms with Gasteiger partial charge >= 0.3 is 0 Å². The first kappa shape index (κ1) is 18.4. The summed E-state index contributed by atoms with van der Waals surface area (Å²) in [6, 6.07) is 15.0. The van der Waals surface area contributed by atoms with Gasteiger partial charge in [-0.1, -0.05) is 45.0 Å². The van der Waals surface area contributed by atoms with Crippen LogP contribution in [-0.4, -0.2) is 12.6 Å². The Bertz CT molecular complexity index is 630. The molecule has 0 amide bonds. The monoisotopic (exact) mass is 325 g/mol. The van der Waals surface area contributed by atoms with Crippen LogP contribution in [0.15, 0.2) is 42.5 Å². The number of aryl methyl sites for hydroxylation is 2. The van der Waals surface area contributed by atoms with E-state index in [2.05, 4.69) is 82.4 Å². The summed E-state index contributed by atoms with van der Waals surface area (Å²) in [7, 11) is 0. The van der Waals surface area contributed by atoms with E-state index in [-0.39, 0.29) is 6.10 Å². The van der Waals surface area contributed by atoms with E-state index in [0.717, 1.165) is 25.1 Å². The maximum absolute atomic E-state index is 6.34. The smallest absolute Gasteiger partial charge is 0.123 e. The topological polar surface area (TPSA) is 21.3 Å². The quantitative estimate of drug-likeness (QED) is 0.634. The van der Waals surface area contributed by atoms with Crippen molar-refractivity contribution < 1.29 is 4.74 Å². The van der Waals surface area contributed by atoms with Crippen LogP contribution in [0, 0.1) is 13.8 Å². The Balaban J connectivity index is 2.05. The highest BCUT2D eigenvalue weighted by atomic mass is 16.5. The number of nitrogens with one attached hydrogen (secondary N) is 1. The minimum atomic E-state index is 0.163. The molecular formula is C22H31NO. The van der Waals surface area contributed by atoms with Gasteiger partial charge in [0, 0.05) is 5.69 Å². The maximum atomic E-state index is 6.34. The van der Waals surface area contributed by atoms with Crippen molar-refractivity contribution in [3.05, 3.63) is 59.2 Å². The van der Waals surface area contributed by atoms with Crippen LogP contribution < -0.4 is 10.1 Å². The van der Waals surface area contributed by atoms with Gasteiger partial charge in [0.15, 0.2) is 0 Å². The van der Waals surface area contributed by atoms with Crippen molar-refractivity contribution in [2.45, 2.75) is 59.5 Å². The minimum absolute atomic E-state index is 0.163. The molecule has 2 unspecified atom stereocenters. The molecule has 0 saturated heterocycles. The van der Waals surface area contributed by atoms with Crippen molar-refractivity contribution in [1.82, 2.24) is 0 Å². The SMILES string of the molecule is CCC(CNc1cc(C)cc(C)c1)Oc1ccccc1C(C)CC. The molecule has 1 N–H and O–H groups in total. The third-order valence-corrected chi connectivity index (χ3v) is 4.57. The minimum Gasteiger partial charge on any atom is -0.488 e. The highest BCUT2D eigenvalue weighted by Gasteiger charge is 2.14. The Morgan fingerprint density at radius 1 is 0.958 bits per heavy atom. The Kier molecular flexibility index (Phi) is 6.72. The molecule has 0 aliphatic carbocycles. The van der Waals surface area contributed by atoms with Gasteiger partial charge in [-0.2, -0.15) is 0 Å². The number of rotatable bonds is 8. The van der Waals surface area contributed by atoms with E-state index in [1.54, 1.807) is 0 Å². The lowest BCUT2D eigenvalue weighted by molar-refractivity contribution is 0.207. The molecule has 24 heavy (non-hydrogen) atoms. The van der Waals surface area contributed by atoms with Gasteiger partial charge in [-0.15, -0.1) is 0 Å². The largest absolute Gasteiger partial charge is 0.488 e. The molecule has 0 saturated carbocycles. The van der Waals surface area contributed by atoms with Gasteiger partial charge in [-0.3, -0.25) is 0 Å². The van der Waals surface area contributed by atoms with E-state index in [1.165, 1.54) is 22.4 Å². The molecule has 0 fully saturated rings. The van der Waals surface area contributed by atoms with Crippen LogP contribution in [0.3, 0.4) is 0 Å². The molecule has 2 nitrogen and oxygen atoms in total. The average molecular weight is 325 g/mol. The Labute approximate surface area is 147 Å². The number of ether oxygens (including phenoxy) is 1. The first-order valence-electron chi connectivity index (χ1n) is 9.11. The molecule has 2 aromatic rings. The normalized spacial score (nSPS) is 13.4. The second-order valence-electron chi connectivity index (χ2n) is 6.75. The summed E-state index contributed by atoms with van der Waals surface area (Å²) < 4.78 is 6.34. The molecule has 130 valence electrons. The molecular weight excluding hydrogens is 294 g/mol. The first-order valence-corrected chi connectivity index (χ1v) is 9.11. The molecule has 0 heterocycles. The number of anilines is 1. The van der Waals surface area contributed by atoms with Crippen molar-refractivity contribution in [3.63, 3.8) is 0 Å². The molecule has 0 aromatic heterocycles. The third-order valence-electron chi connectivity index (χ3n) is 4.57. The predicted molar refractivity (Wildman–Crippen MR) is 104 cm³/mol. The summed E-state index contributed by atoms with van der Waals surface area (Å²) in [5.74, 6) is 1.55. The molecule has 2 atom stereocenters. The number of hydrogen-bond acceptors (Lipinski definition) is 2. The Morgan fingerprint density at radius 2 is 1.62 bits per heavy atom. The second kappa shape index (κ2) is 8.77. The van der Waals surface area contributed by atoms with Gasteiger partial charge in [-0.05, 0) is 67.5 Å². The van der Waals surface area contributed by atoms with Crippen LogP contribution in [0.5, 0.6) is 5.75 Å². The number of hydrogen-bond donors (Lipinski definition) is 1. The van der Waals surface area contributed by atoms with Crippen molar-refractivity contribution >= 4 is 5.69 Å². The van der Waals surface area contributed by atoms with E-state index in [0.29, 0.717) is 5.92 Å². The lowest BCUT2D eigenvalue weighted by Gasteiger charge is -2.22. The zero-order valence-corrected chi connectivity index (χ0v) is 15.7. The van der Waals surface area contributed by atoms with Gasteiger partial charge in [0.2, 0.25) is 0 Å². The Hall–Kier alpha value is -1.96. The highest BCUT2D eigenvalue weighted by molar-refractivity contribution is 5.48. The first-order chi connectivity index (χ1) is 11.5. The van der Waals surface area contributed by atoms with Crippen molar-refractivity contribution in [3.8, 4) is 5.75 Å². The molecule has 0 aliphatic heterocycles. The summed E-state index contributed by atoms with van der Waals surface area (Å²) in [5, 5.41) is 3.54. The van der Waals surface area contributed by atoms with E-state index in [1.807, 2.05) is 0 Å². The van der Waals surface area contributed by atoms with E-state index in [9.17, 15) is 0 Å². The summed E-state index contributed by atoms with van der Waals surface area (Å²) in [5.41, 5.74) is 5.05. The maximum Gasteiger partial charge on any atom is 0.123 e. The number of benzene rings is 2. The summed E-state index contributed by atoms with van der Waals surface area (Å²) >= 11 is 0. The van der Waals surface area contributed by atoms with Gasteiger partial charge in [0.25, 0.3) is 0 Å². The van der Waals surface area contributed by atoms with Crippen molar-refractivity contribution in [2.24, 2.45) is 0 Å². The molecule has 2 aromatic carbocycles. The third kappa shape index (κ3) is 5.02. The molecule has 2 heteroatoms. The summed E-state index contributed by atoms with van der Waals surface area (Å²) in [6.07, 6.45) is 2.26. The lowest BCUT2D eigenvalue weighted by atomic mass is 9.98. The molecule has 2 rings (SSSR count). The van der Waals surface area contributed by atoms with Crippen molar-refractivity contribution in [1.29, 1.82) is 0 Å². The standard InChI is InChI=1S/C22H31NO/c1-6-18(5)21-10-8-9-11-22(21)24-20(7-2)15-23-19-13-16(3)12-17(4)14-19/h8-14,18,20,23H,6-7,15H2,1-5H3. The highest BCUT2D eigenvalue weighted by Crippen LogP contribution is 2.29. The fourth-order valence-electron chi connectivity index (χ4n) is 2.97.